The van der Waals surface area contributed by atoms with E-state index in [1.54, 1.807) is 11.1 Å². The van der Waals surface area contributed by atoms with E-state index in [0.717, 1.165) is 55.9 Å². The van der Waals surface area contributed by atoms with Crippen molar-refractivity contribution in [2.24, 2.45) is 22.7 Å². The summed E-state index contributed by atoms with van der Waals surface area (Å²) >= 11 is 0. The number of aryl methyl sites for hydroxylation is 1. The summed E-state index contributed by atoms with van der Waals surface area (Å²) in [4.78, 5) is 6.82. The molecule has 150 valence electrons. The number of nitrogens with one attached hydrogen (secondary N) is 1. The van der Waals surface area contributed by atoms with Crippen molar-refractivity contribution in [3.63, 3.8) is 0 Å². The van der Waals surface area contributed by atoms with Gasteiger partial charge in [-0.15, -0.1) is 24.0 Å². The number of benzene rings is 1. The lowest BCUT2D eigenvalue weighted by Crippen LogP contribution is -2.41. The molecule has 3 atom stereocenters. The first-order chi connectivity index (χ1) is 12.8. The maximum atomic E-state index is 5.47. The second kappa shape index (κ2) is 9.59. The van der Waals surface area contributed by atoms with Gasteiger partial charge in [0.2, 0.25) is 0 Å². The lowest BCUT2D eigenvalue weighted by molar-refractivity contribution is 0.0625. The molecule has 0 spiro atoms. The first-order valence-electron chi connectivity index (χ1n) is 10.3. The summed E-state index contributed by atoms with van der Waals surface area (Å²) in [5.74, 6) is 4.29. The molecule has 3 unspecified atom stereocenters. The average molecular weight is 483 g/mol. The Bertz CT molecular complexity index is 644. The Kier molecular flexibility index (Phi) is 7.42. The fourth-order valence-corrected chi connectivity index (χ4v) is 5.10. The van der Waals surface area contributed by atoms with Crippen molar-refractivity contribution in [3.05, 3.63) is 35.4 Å². The fourth-order valence-electron chi connectivity index (χ4n) is 5.10. The van der Waals surface area contributed by atoms with E-state index in [1.807, 2.05) is 7.05 Å². The van der Waals surface area contributed by atoms with E-state index in [4.69, 9.17) is 4.74 Å². The van der Waals surface area contributed by atoms with E-state index in [0.29, 0.717) is 0 Å². The summed E-state index contributed by atoms with van der Waals surface area (Å²) in [6, 6.07) is 9.05. The van der Waals surface area contributed by atoms with Crippen LogP contribution >= 0.6 is 24.0 Å². The Balaban J connectivity index is 0.00000210. The van der Waals surface area contributed by atoms with Crippen LogP contribution < -0.4 is 5.32 Å². The van der Waals surface area contributed by atoms with Crippen LogP contribution in [0, 0.1) is 17.8 Å². The first kappa shape index (κ1) is 20.9. The topological polar surface area (TPSA) is 36.9 Å². The van der Waals surface area contributed by atoms with Gasteiger partial charge in [0.15, 0.2) is 5.96 Å². The summed E-state index contributed by atoms with van der Waals surface area (Å²) in [6.07, 6.45) is 6.28. The SMILES string of the molecule is CN=C(NCC1C2CCc3ccccc3C21)N(C)CCC1CCOCC1.I. The molecule has 1 heterocycles. The van der Waals surface area contributed by atoms with Crippen LogP contribution in [0.25, 0.3) is 0 Å². The Labute approximate surface area is 181 Å². The van der Waals surface area contributed by atoms with E-state index in [1.165, 1.54) is 32.1 Å². The summed E-state index contributed by atoms with van der Waals surface area (Å²) in [6.45, 7) is 4.00. The van der Waals surface area contributed by atoms with Crippen molar-refractivity contribution in [2.45, 2.75) is 38.0 Å². The van der Waals surface area contributed by atoms with Crippen molar-refractivity contribution >= 4 is 29.9 Å². The number of nitrogens with zero attached hydrogens (tertiary/aromatic N) is 2. The van der Waals surface area contributed by atoms with Gasteiger partial charge >= 0.3 is 0 Å². The highest BCUT2D eigenvalue weighted by Gasteiger charge is 2.52. The van der Waals surface area contributed by atoms with Crippen LogP contribution in [0.15, 0.2) is 29.3 Å². The number of aliphatic imine (C=N–C) groups is 1. The van der Waals surface area contributed by atoms with Crippen molar-refractivity contribution in [3.8, 4) is 0 Å². The molecule has 4 rings (SSSR count). The highest BCUT2D eigenvalue weighted by atomic mass is 127. The zero-order chi connectivity index (χ0) is 17.9. The molecule has 1 aliphatic heterocycles. The minimum Gasteiger partial charge on any atom is -0.381 e. The molecule has 5 heteroatoms. The molecule has 1 saturated heterocycles. The molecule has 2 fully saturated rings. The molecule has 2 aliphatic carbocycles. The number of rotatable bonds is 5. The van der Waals surface area contributed by atoms with Crippen LogP contribution in [0.1, 0.15) is 42.7 Å². The second-order valence-electron chi connectivity index (χ2n) is 8.29. The number of hydrogen-bond donors (Lipinski definition) is 1. The first-order valence-corrected chi connectivity index (χ1v) is 10.3. The van der Waals surface area contributed by atoms with Crippen LogP contribution in [-0.2, 0) is 11.2 Å². The zero-order valence-corrected chi connectivity index (χ0v) is 19.0. The summed E-state index contributed by atoms with van der Waals surface area (Å²) < 4.78 is 5.47. The van der Waals surface area contributed by atoms with Gasteiger partial charge in [0.25, 0.3) is 0 Å². The predicted octanol–water partition coefficient (Wildman–Crippen LogP) is 3.90. The summed E-state index contributed by atoms with van der Waals surface area (Å²) in [5.41, 5.74) is 3.19. The van der Waals surface area contributed by atoms with Crippen LogP contribution in [0.4, 0.5) is 0 Å². The molecule has 1 saturated carbocycles. The number of hydrogen-bond acceptors (Lipinski definition) is 2. The maximum Gasteiger partial charge on any atom is 0.193 e. The van der Waals surface area contributed by atoms with Gasteiger partial charge in [-0.05, 0) is 66.9 Å². The third kappa shape index (κ3) is 4.78. The van der Waals surface area contributed by atoms with E-state index < -0.39 is 0 Å². The fraction of sp³-hybridized carbons (Fsp3) is 0.682. The minimum absolute atomic E-state index is 0. The second-order valence-corrected chi connectivity index (χ2v) is 8.29. The van der Waals surface area contributed by atoms with Gasteiger partial charge in [-0.1, -0.05) is 24.3 Å². The monoisotopic (exact) mass is 483 g/mol. The molecule has 1 N–H and O–H groups in total. The standard InChI is InChI=1S/C22H33N3O.HI/c1-23-22(25(2)12-9-16-10-13-26-14-11-16)24-15-20-19-8-7-17-5-3-4-6-18(17)21(19)20;/h3-6,16,19-21H,7-15H2,1-2H3,(H,23,24);1H. The van der Waals surface area contributed by atoms with Crippen LogP contribution in [0.5, 0.6) is 0 Å². The number of guanidine groups is 1. The van der Waals surface area contributed by atoms with Crippen LogP contribution in [0.3, 0.4) is 0 Å². The molecule has 0 bridgehead atoms. The van der Waals surface area contributed by atoms with E-state index in [9.17, 15) is 0 Å². The molecular weight excluding hydrogens is 449 g/mol. The third-order valence-corrected chi connectivity index (χ3v) is 6.78. The number of ether oxygens (including phenoxy) is 1. The normalized spacial score (nSPS) is 27.2. The Morgan fingerprint density at radius 2 is 2.00 bits per heavy atom. The van der Waals surface area contributed by atoms with E-state index in [-0.39, 0.29) is 24.0 Å². The Morgan fingerprint density at radius 1 is 1.22 bits per heavy atom. The van der Waals surface area contributed by atoms with Gasteiger partial charge in [0.05, 0.1) is 0 Å². The van der Waals surface area contributed by atoms with Gasteiger partial charge < -0.3 is 15.0 Å². The Morgan fingerprint density at radius 3 is 2.78 bits per heavy atom. The predicted molar refractivity (Wildman–Crippen MR) is 122 cm³/mol. The highest BCUT2D eigenvalue weighted by Crippen LogP contribution is 2.59. The minimum atomic E-state index is 0. The molecule has 4 nitrogen and oxygen atoms in total. The maximum absolute atomic E-state index is 5.47. The zero-order valence-electron chi connectivity index (χ0n) is 16.7. The van der Waals surface area contributed by atoms with Gasteiger partial charge in [-0.2, -0.15) is 0 Å². The van der Waals surface area contributed by atoms with Crippen molar-refractivity contribution in [1.29, 1.82) is 0 Å². The Hall–Kier alpha value is -0.820. The molecule has 0 aromatic heterocycles. The smallest absolute Gasteiger partial charge is 0.193 e. The molecule has 1 aromatic rings. The molecule has 27 heavy (non-hydrogen) atoms. The van der Waals surface area contributed by atoms with Gasteiger partial charge in [0.1, 0.15) is 0 Å². The number of fused-ring (bicyclic) bond motifs is 3. The lowest BCUT2D eigenvalue weighted by Gasteiger charge is -2.27. The molecule has 3 aliphatic rings. The van der Waals surface area contributed by atoms with Crippen molar-refractivity contribution < 1.29 is 4.74 Å². The van der Waals surface area contributed by atoms with E-state index >= 15 is 0 Å². The molecule has 0 radical (unpaired) electrons. The number of halogens is 1. The van der Waals surface area contributed by atoms with Gasteiger partial charge in [-0.25, -0.2) is 0 Å². The highest BCUT2D eigenvalue weighted by molar-refractivity contribution is 14.0. The molecule has 0 amide bonds. The van der Waals surface area contributed by atoms with Crippen LogP contribution in [0.2, 0.25) is 0 Å². The largest absolute Gasteiger partial charge is 0.381 e. The molecule has 1 aromatic carbocycles. The molecular formula is C22H34IN3O. The van der Waals surface area contributed by atoms with Crippen molar-refractivity contribution in [2.75, 3.05) is 40.4 Å². The summed E-state index contributed by atoms with van der Waals surface area (Å²) in [5, 5.41) is 3.66. The lowest BCUT2D eigenvalue weighted by atomic mass is 9.92. The van der Waals surface area contributed by atoms with E-state index in [2.05, 4.69) is 46.5 Å². The average Bonchev–Trinajstić information content (AvgIpc) is 3.41. The van der Waals surface area contributed by atoms with Crippen molar-refractivity contribution in [1.82, 2.24) is 10.2 Å². The quantitative estimate of drug-likeness (QED) is 0.392. The third-order valence-electron chi connectivity index (χ3n) is 6.78. The summed E-state index contributed by atoms with van der Waals surface area (Å²) in [7, 11) is 4.08. The van der Waals surface area contributed by atoms with Gasteiger partial charge in [0, 0.05) is 40.4 Å². The van der Waals surface area contributed by atoms with Gasteiger partial charge in [-0.3, -0.25) is 4.99 Å². The van der Waals surface area contributed by atoms with Crippen LogP contribution in [-0.4, -0.2) is 51.3 Å².